The van der Waals surface area contributed by atoms with E-state index in [-0.39, 0.29) is 18.4 Å². The van der Waals surface area contributed by atoms with E-state index in [4.69, 9.17) is 16.3 Å². The molecule has 2 fully saturated rings. The van der Waals surface area contributed by atoms with E-state index in [2.05, 4.69) is 24.3 Å². The molecular weight excluding hydrogens is 428 g/mol. The van der Waals surface area contributed by atoms with Crippen LogP contribution < -0.4 is 0 Å². The lowest BCUT2D eigenvalue weighted by molar-refractivity contribution is -0.139. The third kappa shape index (κ3) is 3.56. The maximum atomic E-state index is 13.1. The molecule has 1 aliphatic carbocycles. The van der Waals surface area contributed by atoms with Crippen molar-refractivity contribution >= 4 is 28.8 Å². The van der Waals surface area contributed by atoms with Gasteiger partial charge in [-0.25, -0.2) is 4.79 Å². The third-order valence-electron chi connectivity index (χ3n) is 6.91. The van der Waals surface area contributed by atoms with Gasteiger partial charge in [0.25, 0.3) is 0 Å². The number of hydrogen-bond donors (Lipinski definition) is 0. The minimum atomic E-state index is -0.595. The van der Waals surface area contributed by atoms with Gasteiger partial charge in [-0.1, -0.05) is 48.5 Å². The standard InChI is InChI=1S/C25H25ClN2O4/c26-23(29)21-11-5-13-27(21)24(30)22-12-6-14-28(22)25(31)32-15-20-18-9-3-1-7-16(18)17-8-2-4-10-19(17)20/h1-4,7-10,20-22H,5-6,11-15H2/t21-,22-/m0/s1. The van der Waals surface area contributed by atoms with E-state index in [1.165, 1.54) is 20.9 Å². The fraction of sp³-hybridized carbons (Fsp3) is 0.400. The van der Waals surface area contributed by atoms with Crippen LogP contribution in [-0.2, 0) is 14.3 Å². The van der Waals surface area contributed by atoms with Gasteiger partial charge in [-0.05, 0) is 59.5 Å². The summed E-state index contributed by atoms with van der Waals surface area (Å²) in [5, 5.41) is -0.512. The Morgan fingerprint density at radius 1 is 0.844 bits per heavy atom. The molecule has 2 saturated heterocycles. The van der Waals surface area contributed by atoms with Gasteiger partial charge in [0.15, 0.2) is 0 Å². The van der Waals surface area contributed by atoms with Crippen LogP contribution >= 0.6 is 11.6 Å². The van der Waals surface area contributed by atoms with Gasteiger partial charge in [0.05, 0.1) is 0 Å². The molecule has 5 rings (SSSR count). The predicted octanol–water partition coefficient (Wildman–Crippen LogP) is 4.16. The highest BCUT2D eigenvalue weighted by molar-refractivity contribution is 6.64. The Hall–Kier alpha value is -2.86. The second kappa shape index (κ2) is 8.58. The van der Waals surface area contributed by atoms with Crippen molar-refractivity contribution in [3.8, 4) is 11.1 Å². The van der Waals surface area contributed by atoms with Crippen molar-refractivity contribution in [2.75, 3.05) is 19.7 Å². The van der Waals surface area contributed by atoms with Crippen molar-refractivity contribution in [3.05, 3.63) is 59.7 Å². The van der Waals surface area contributed by atoms with Gasteiger partial charge in [-0.15, -0.1) is 0 Å². The molecule has 0 N–H and O–H groups in total. The SMILES string of the molecule is O=C(Cl)[C@@H]1CCCN1C(=O)[C@@H]1CCCN1C(=O)OCC1c2ccccc2-c2ccccc21. The Bertz CT molecular complexity index is 1030. The van der Waals surface area contributed by atoms with Crippen LogP contribution in [0.1, 0.15) is 42.7 Å². The Labute approximate surface area is 192 Å². The number of nitrogens with zero attached hydrogens (tertiary/aromatic N) is 2. The predicted molar refractivity (Wildman–Crippen MR) is 120 cm³/mol. The van der Waals surface area contributed by atoms with Crippen LogP contribution in [0.15, 0.2) is 48.5 Å². The number of likely N-dealkylation sites (tertiary alicyclic amines) is 2. The summed E-state index contributed by atoms with van der Waals surface area (Å²) in [6.45, 7) is 1.19. The van der Waals surface area contributed by atoms with Crippen molar-refractivity contribution in [1.29, 1.82) is 0 Å². The lowest BCUT2D eigenvalue weighted by Gasteiger charge is -2.30. The van der Waals surface area contributed by atoms with Crippen LogP contribution in [0.4, 0.5) is 4.79 Å². The molecule has 2 atom stereocenters. The van der Waals surface area contributed by atoms with Gasteiger partial charge in [0.1, 0.15) is 18.7 Å². The Morgan fingerprint density at radius 3 is 2.03 bits per heavy atom. The first kappa shape index (κ1) is 21.0. The fourth-order valence-electron chi connectivity index (χ4n) is 5.38. The molecular formula is C25H25ClN2O4. The average Bonchev–Trinajstić information content (AvgIpc) is 3.55. The van der Waals surface area contributed by atoms with Crippen molar-refractivity contribution in [1.82, 2.24) is 9.80 Å². The summed E-state index contributed by atoms with van der Waals surface area (Å²) in [4.78, 5) is 40.9. The maximum Gasteiger partial charge on any atom is 0.410 e. The molecule has 0 bridgehead atoms. The molecule has 0 saturated carbocycles. The summed E-state index contributed by atoms with van der Waals surface area (Å²) in [5.41, 5.74) is 4.64. The summed E-state index contributed by atoms with van der Waals surface area (Å²) in [6, 6.07) is 15.2. The number of hydrogen-bond acceptors (Lipinski definition) is 4. The number of fused-ring (bicyclic) bond motifs is 3. The summed E-state index contributed by atoms with van der Waals surface area (Å²) >= 11 is 5.70. The van der Waals surface area contributed by atoms with Crippen LogP contribution in [0, 0.1) is 0 Å². The highest BCUT2D eigenvalue weighted by Crippen LogP contribution is 2.44. The first-order valence-corrected chi connectivity index (χ1v) is 11.6. The van der Waals surface area contributed by atoms with Crippen LogP contribution in [0.5, 0.6) is 0 Å². The molecule has 2 aromatic rings. The number of halogens is 1. The molecule has 0 unspecified atom stereocenters. The van der Waals surface area contributed by atoms with Gasteiger partial charge in [0.2, 0.25) is 11.1 Å². The molecule has 2 amide bonds. The highest BCUT2D eigenvalue weighted by Gasteiger charge is 2.42. The van der Waals surface area contributed by atoms with Crippen molar-refractivity contribution in [2.24, 2.45) is 0 Å². The monoisotopic (exact) mass is 452 g/mol. The van der Waals surface area contributed by atoms with E-state index in [1.54, 1.807) is 0 Å². The second-order valence-electron chi connectivity index (χ2n) is 8.65. The maximum absolute atomic E-state index is 13.1. The van der Waals surface area contributed by atoms with E-state index >= 15 is 0 Å². The lowest BCUT2D eigenvalue weighted by Crippen LogP contribution is -2.50. The third-order valence-corrected chi connectivity index (χ3v) is 7.16. The number of carbonyl (C=O) groups excluding carboxylic acids is 3. The van der Waals surface area contributed by atoms with E-state index in [0.717, 1.165) is 24.0 Å². The van der Waals surface area contributed by atoms with Crippen molar-refractivity contribution < 1.29 is 19.1 Å². The molecule has 6 nitrogen and oxygen atoms in total. The Kier molecular flexibility index (Phi) is 5.64. The first-order chi connectivity index (χ1) is 15.6. The lowest BCUT2D eigenvalue weighted by atomic mass is 9.98. The first-order valence-electron chi connectivity index (χ1n) is 11.2. The van der Waals surface area contributed by atoms with Crippen LogP contribution in [-0.4, -0.2) is 58.8 Å². The molecule has 3 aliphatic rings. The topological polar surface area (TPSA) is 66.9 Å². The van der Waals surface area contributed by atoms with E-state index in [9.17, 15) is 14.4 Å². The Balaban J connectivity index is 1.29. The van der Waals surface area contributed by atoms with E-state index in [0.29, 0.717) is 25.9 Å². The fourth-order valence-corrected chi connectivity index (χ4v) is 5.60. The minimum absolute atomic E-state index is 0.0278. The van der Waals surface area contributed by atoms with Crippen LogP contribution in [0.3, 0.4) is 0 Å². The van der Waals surface area contributed by atoms with Crippen molar-refractivity contribution in [3.63, 3.8) is 0 Å². The number of amides is 2. The van der Waals surface area contributed by atoms with Gasteiger partial charge >= 0.3 is 6.09 Å². The average molecular weight is 453 g/mol. The number of carbonyl (C=O) groups is 3. The number of benzene rings is 2. The van der Waals surface area contributed by atoms with Crippen LogP contribution in [0.25, 0.3) is 11.1 Å². The van der Waals surface area contributed by atoms with Gasteiger partial charge in [-0.2, -0.15) is 0 Å². The summed E-state index contributed by atoms with van der Waals surface area (Å²) < 4.78 is 5.76. The zero-order chi connectivity index (χ0) is 22.2. The molecule has 7 heteroatoms. The van der Waals surface area contributed by atoms with Crippen molar-refractivity contribution in [2.45, 2.75) is 43.7 Å². The summed E-state index contributed by atoms with van der Waals surface area (Å²) in [7, 11) is 0. The summed E-state index contributed by atoms with van der Waals surface area (Å²) in [5.74, 6) is -0.229. The Morgan fingerprint density at radius 2 is 1.41 bits per heavy atom. The van der Waals surface area contributed by atoms with E-state index in [1.807, 2.05) is 24.3 Å². The molecule has 0 aromatic heterocycles. The number of rotatable bonds is 4. The molecule has 2 aromatic carbocycles. The van der Waals surface area contributed by atoms with Crippen LogP contribution in [0.2, 0.25) is 0 Å². The highest BCUT2D eigenvalue weighted by atomic mass is 35.5. The second-order valence-corrected chi connectivity index (χ2v) is 9.02. The van der Waals surface area contributed by atoms with Gasteiger partial charge < -0.3 is 9.64 Å². The smallest absolute Gasteiger partial charge is 0.410 e. The molecule has 2 aliphatic heterocycles. The molecule has 32 heavy (non-hydrogen) atoms. The zero-order valence-corrected chi connectivity index (χ0v) is 18.5. The largest absolute Gasteiger partial charge is 0.448 e. The molecule has 0 radical (unpaired) electrons. The molecule has 2 heterocycles. The number of ether oxygens (including phenoxy) is 1. The van der Waals surface area contributed by atoms with Gasteiger partial charge in [-0.3, -0.25) is 14.5 Å². The zero-order valence-electron chi connectivity index (χ0n) is 17.7. The van der Waals surface area contributed by atoms with Gasteiger partial charge in [0, 0.05) is 19.0 Å². The normalized spacial score (nSPS) is 22.0. The summed E-state index contributed by atoms with van der Waals surface area (Å²) in [6.07, 6.45) is 2.14. The quantitative estimate of drug-likeness (QED) is 0.653. The molecule has 166 valence electrons. The molecule has 0 spiro atoms. The minimum Gasteiger partial charge on any atom is -0.448 e. The van der Waals surface area contributed by atoms with E-state index < -0.39 is 23.4 Å².